The molecule has 1 aliphatic heterocycles. The summed E-state index contributed by atoms with van der Waals surface area (Å²) >= 11 is 0. The third-order valence-corrected chi connectivity index (χ3v) is 5.16. The van der Waals surface area contributed by atoms with E-state index >= 15 is 0 Å². The summed E-state index contributed by atoms with van der Waals surface area (Å²) in [6.07, 6.45) is 2.31. The fourth-order valence-electron chi connectivity index (χ4n) is 3.96. The van der Waals surface area contributed by atoms with Gasteiger partial charge in [-0.05, 0) is 31.6 Å². The van der Waals surface area contributed by atoms with E-state index in [1.165, 1.54) is 0 Å². The lowest BCUT2D eigenvalue weighted by molar-refractivity contribution is -0.181. The Labute approximate surface area is 83.4 Å². The molecule has 0 radical (unpaired) electrons. The van der Waals surface area contributed by atoms with Crippen molar-refractivity contribution in [1.82, 2.24) is 0 Å². The van der Waals surface area contributed by atoms with Crippen LogP contribution in [0.2, 0.25) is 0 Å². The molecule has 2 saturated carbocycles. The maximum Gasteiger partial charge on any atom is 0.306 e. The highest BCUT2D eigenvalue weighted by Crippen LogP contribution is 2.66. The fourth-order valence-corrected chi connectivity index (χ4v) is 3.96. The van der Waals surface area contributed by atoms with Crippen molar-refractivity contribution in [2.45, 2.75) is 44.8 Å². The van der Waals surface area contributed by atoms with Gasteiger partial charge in [0, 0.05) is 11.8 Å². The van der Waals surface area contributed by atoms with E-state index in [1.54, 1.807) is 0 Å². The van der Waals surface area contributed by atoms with Crippen LogP contribution in [-0.2, 0) is 9.53 Å². The Morgan fingerprint density at radius 1 is 1.36 bits per heavy atom. The third-order valence-electron chi connectivity index (χ3n) is 5.16. The Hall–Kier alpha value is -0.570. The first-order valence-corrected chi connectivity index (χ1v) is 5.38. The molecule has 78 valence electrons. The SMILES string of the molecule is C[C@@]12[C@@H]3CC(=O)O[C@@H]1C[C@@H](C3)[C@]2(C)O. The van der Waals surface area contributed by atoms with E-state index in [-0.39, 0.29) is 17.5 Å². The average Bonchev–Trinajstić information content (AvgIpc) is 2.33. The summed E-state index contributed by atoms with van der Waals surface area (Å²) in [4.78, 5) is 11.3. The number of aliphatic hydroxyl groups is 1. The summed E-state index contributed by atoms with van der Waals surface area (Å²) in [6, 6.07) is 0. The highest BCUT2D eigenvalue weighted by Gasteiger charge is 2.71. The molecule has 1 N–H and O–H groups in total. The topological polar surface area (TPSA) is 46.5 Å². The van der Waals surface area contributed by atoms with Crippen molar-refractivity contribution in [1.29, 1.82) is 0 Å². The Kier molecular flexibility index (Phi) is 1.34. The van der Waals surface area contributed by atoms with Gasteiger partial charge in [-0.25, -0.2) is 0 Å². The Morgan fingerprint density at radius 3 is 2.64 bits per heavy atom. The zero-order chi connectivity index (χ0) is 10.1. The van der Waals surface area contributed by atoms with Gasteiger partial charge >= 0.3 is 5.97 Å². The molecule has 5 atom stereocenters. The number of esters is 1. The molecule has 3 heteroatoms. The Morgan fingerprint density at radius 2 is 2.07 bits per heavy atom. The first-order valence-electron chi connectivity index (χ1n) is 5.38. The van der Waals surface area contributed by atoms with Crippen LogP contribution in [0.25, 0.3) is 0 Å². The van der Waals surface area contributed by atoms with Crippen LogP contribution >= 0.6 is 0 Å². The molecular weight excluding hydrogens is 180 g/mol. The van der Waals surface area contributed by atoms with Gasteiger partial charge in [-0.3, -0.25) is 4.79 Å². The van der Waals surface area contributed by atoms with E-state index in [0.717, 1.165) is 12.8 Å². The zero-order valence-corrected chi connectivity index (χ0v) is 8.62. The smallest absolute Gasteiger partial charge is 0.306 e. The molecule has 0 spiro atoms. The molecular formula is C11H16O3. The molecule has 0 aromatic heterocycles. The molecule has 1 heterocycles. The van der Waals surface area contributed by atoms with Crippen LogP contribution in [-0.4, -0.2) is 22.8 Å². The molecule has 0 aromatic carbocycles. The molecule has 0 amide bonds. The normalized spacial score (nSPS) is 60.2. The summed E-state index contributed by atoms with van der Waals surface area (Å²) in [5, 5.41) is 10.5. The fraction of sp³-hybridized carbons (Fsp3) is 0.909. The van der Waals surface area contributed by atoms with Crippen molar-refractivity contribution in [3.63, 3.8) is 0 Å². The van der Waals surface area contributed by atoms with Gasteiger partial charge in [-0.1, -0.05) is 6.92 Å². The van der Waals surface area contributed by atoms with E-state index < -0.39 is 5.60 Å². The van der Waals surface area contributed by atoms with E-state index in [2.05, 4.69) is 6.92 Å². The number of rotatable bonds is 0. The van der Waals surface area contributed by atoms with E-state index in [1.807, 2.05) is 6.92 Å². The summed E-state index contributed by atoms with van der Waals surface area (Å²) < 4.78 is 5.35. The van der Waals surface area contributed by atoms with Gasteiger partial charge in [0.2, 0.25) is 0 Å². The van der Waals surface area contributed by atoms with Crippen molar-refractivity contribution in [3.05, 3.63) is 0 Å². The lowest BCUT2D eigenvalue weighted by Crippen LogP contribution is -2.51. The van der Waals surface area contributed by atoms with Gasteiger partial charge in [0.15, 0.2) is 0 Å². The molecule has 3 aliphatic rings. The first kappa shape index (κ1) is 8.72. The number of carbonyl (C=O) groups excluding carboxylic acids is 1. The second-order valence-electron chi connectivity index (χ2n) is 5.48. The molecule has 2 aliphatic carbocycles. The lowest BCUT2D eigenvalue weighted by Gasteiger charge is -2.45. The molecule has 3 rings (SSSR count). The monoisotopic (exact) mass is 196 g/mol. The van der Waals surface area contributed by atoms with E-state index in [4.69, 9.17) is 4.74 Å². The lowest BCUT2D eigenvalue weighted by atomic mass is 9.67. The zero-order valence-electron chi connectivity index (χ0n) is 8.62. The van der Waals surface area contributed by atoms with Crippen molar-refractivity contribution in [3.8, 4) is 0 Å². The van der Waals surface area contributed by atoms with Crippen molar-refractivity contribution in [2.24, 2.45) is 17.3 Å². The van der Waals surface area contributed by atoms with E-state index in [0.29, 0.717) is 18.3 Å². The number of carbonyl (C=O) groups is 1. The van der Waals surface area contributed by atoms with Crippen LogP contribution in [0, 0.1) is 17.3 Å². The highest BCUT2D eigenvalue weighted by atomic mass is 16.5. The van der Waals surface area contributed by atoms with Gasteiger partial charge < -0.3 is 9.84 Å². The van der Waals surface area contributed by atoms with Gasteiger partial charge in [-0.2, -0.15) is 0 Å². The van der Waals surface area contributed by atoms with Gasteiger partial charge in [0.05, 0.1) is 5.60 Å². The Balaban J connectivity index is 2.07. The van der Waals surface area contributed by atoms with Gasteiger partial charge in [0.1, 0.15) is 6.10 Å². The number of hydrogen-bond donors (Lipinski definition) is 1. The molecule has 0 aromatic rings. The molecule has 0 unspecified atom stereocenters. The van der Waals surface area contributed by atoms with Crippen LogP contribution in [0.3, 0.4) is 0 Å². The van der Waals surface area contributed by atoms with Crippen LogP contribution in [0.4, 0.5) is 0 Å². The van der Waals surface area contributed by atoms with Crippen molar-refractivity contribution in [2.75, 3.05) is 0 Å². The maximum atomic E-state index is 11.3. The largest absolute Gasteiger partial charge is 0.462 e. The third kappa shape index (κ3) is 0.691. The minimum atomic E-state index is -0.636. The van der Waals surface area contributed by atoms with Crippen LogP contribution in [0.1, 0.15) is 33.1 Å². The van der Waals surface area contributed by atoms with Crippen LogP contribution < -0.4 is 0 Å². The Bertz CT molecular complexity index is 290. The van der Waals surface area contributed by atoms with E-state index in [9.17, 15) is 9.90 Å². The summed E-state index contributed by atoms with van der Waals surface area (Å²) in [6.45, 7) is 4.00. The van der Waals surface area contributed by atoms with Crippen LogP contribution in [0.15, 0.2) is 0 Å². The average molecular weight is 196 g/mol. The van der Waals surface area contributed by atoms with Gasteiger partial charge in [0.25, 0.3) is 0 Å². The summed E-state index contributed by atoms with van der Waals surface area (Å²) in [5.74, 6) is 0.590. The first-order chi connectivity index (χ1) is 6.46. The maximum absolute atomic E-state index is 11.3. The quantitative estimate of drug-likeness (QED) is 0.590. The molecule has 2 bridgehead atoms. The minimum Gasteiger partial charge on any atom is -0.462 e. The predicted molar refractivity (Wildman–Crippen MR) is 49.4 cm³/mol. The second kappa shape index (κ2) is 2.16. The predicted octanol–water partition coefficient (Wildman–Crippen LogP) is 1.10. The van der Waals surface area contributed by atoms with Crippen LogP contribution in [0.5, 0.6) is 0 Å². The van der Waals surface area contributed by atoms with Crippen molar-refractivity contribution < 1.29 is 14.6 Å². The number of fused-ring (bicyclic) bond motifs is 1. The summed E-state index contributed by atoms with van der Waals surface area (Å²) in [7, 11) is 0. The van der Waals surface area contributed by atoms with Gasteiger partial charge in [-0.15, -0.1) is 0 Å². The molecule has 3 fully saturated rings. The molecule has 1 saturated heterocycles. The molecule has 14 heavy (non-hydrogen) atoms. The minimum absolute atomic E-state index is 0.0394. The highest BCUT2D eigenvalue weighted by molar-refractivity contribution is 5.71. The summed E-state index contributed by atoms with van der Waals surface area (Å²) in [5.41, 5.74) is -0.825. The number of hydrogen-bond acceptors (Lipinski definition) is 3. The van der Waals surface area contributed by atoms with Crippen molar-refractivity contribution >= 4 is 5.97 Å². The second-order valence-corrected chi connectivity index (χ2v) is 5.48. The number of ether oxygens (including phenoxy) is 1. The molecule has 3 nitrogen and oxygen atoms in total. The standard InChI is InChI=1S/C11H16O3/c1-10-6-3-7(11(10,2)13)4-8(10)14-9(12)5-6/h6-8,13H,3-5H2,1-2H3/t6-,7+,8+,10+,11-/m0/s1.